The van der Waals surface area contributed by atoms with Gasteiger partial charge in [0, 0.05) is 11.3 Å². The van der Waals surface area contributed by atoms with Crippen molar-refractivity contribution in [3.8, 4) is 11.4 Å². The third kappa shape index (κ3) is 4.49. The quantitative estimate of drug-likeness (QED) is 0.373. The average molecular weight is 397 g/mol. The van der Waals surface area contributed by atoms with Crippen LogP contribution in [0.2, 0.25) is 0 Å². The van der Waals surface area contributed by atoms with Crippen molar-refractivity contribution in [3.63, 3.8) is 0 Å². The molecule has 3 rings (SSSR count). The lowest BCUT2D eigenvalue weighted by molar-refractivity contribution is -0.113. The molecular weight excluding hydrogens is 378 g/mol. The summed E-state index contributed by atoms with van der Waals surface area (Å²) in [6.07, 6.45) is 0. The first-order chi connectivity index (χ1) is 13.5. The first-order valence-corrected chi connectivity index (χ1v) is 9.35. The number of esters is 1. The minimum atomic E-state index is -0.430. The Balaban J connectivity index is 1.60. The van der Waals surface area contributed by atoms with Gasteiger partial charge in [0.05, 0.1) is 18.4 Å². The normalized spacial score (nSPS) is 10.5. The molecule has 0 saturated heterocycles. The Labute approximate surface area is 166 Å². The molecule has 1 amide bonds. The summed E-state index contributed by atoms with van der Waals surface area (Å²) in [5.74, 6) is 6.07. The van der Waals surface area contributed by atoms with E-state index < -0.39 is 5.97 Å². The van der Waals surface area contributed by atoms with E-state index in [-0.39, 0.29) is 11.7 Å². The molecule has 0 aliphatic carbocycles. The molecule has 3 aromatic rings. The molecule has 144 valence electrons. The number of nitrogens with zero attached hydrogens (tertiary/aromatic N) is 3. The summed E-state index contributed by atoms with van der Waals surface area (Å²) < 4.78 is 6.01. The fourth-order valence-electron chi connectivity index (χ4n) is 2.49. The lowest BCUT2D eigenvalue weighted by Gasteiger charge is -2.06. The number of aryl methyl sites for hydroxylation is 1. The topological polar surface area (TPSA) is 112 Å². The number of carbonyl (C=O) groups excluding carboxylic acids is 2. The third-order valence-corrected chi connectivity index (χ3v) is 4.81. The number of nitrogen functional groups attached to an aromatic ring is 1. The fraction of sp³-hybridized carbons (Fsp3) is 0.158. The van der Waals surface area contributed by atoms with E-state index in [2.05, 4.69) is 20.3 Å². The number of amides is 1. The number of anilines is 1. The van der Waals surface area contributed by atoms with Crippen LogP contribution in [-0.2, 0) is 9.53 Å². The summed E-state index contributed by atoms with van der Waals surface area (Å²) in [4.78, 5) is 23.6. The van der Waals surface area contributed by atoms with Crippen LogP contribution < -0.4 is 11.2 Å². The van der Waals surface area contributed by atoms with Crippen molar-refractivity contribution in [1.29, 1.82) is 0 Å². The van der Waals surface area contributed by atoms with Gasteiger partial charge >= 0.3 is 5.97 Å². The first kappa shape index (κ1) is 19.4. The summed E-state index contributed by atoms with van der Waals surface area (Å²) in [7, 11) is 1.32. The highest BCUT2D eigenvalue weighted by Gasteiger charge is 2.14. The number of benzene rings is 2. The van der Waals surface area contributed by atoms with Crippen LogP contribution in [0.25, 0.3) is 11.4 Å². The Morgan fingerprint density at radius 2 is 1.93 bits per heavy atom. The molecule has 0 spiro atoms. The number of thioether (sulfide) groups is 1. The number of methoxy groups -OCH3 is 1. The van der Waals surface area contributed by atoms with Crippen LogP contribution in [0.5, 0.6) is 0 Å². The fourth-order valence-corrected chi connectivity index (χ4v) is 3.15. The predicted octanol–water partition coefficient (Wildman–Crippen LogP) is 2.48. The van der Waals surface area contributed by atoms with Crippen molar-refractivity contribution in [1.82, 2.24) is 14.9 Å². The van der Waals surface area contributed by atoms with Crippen LogP contribution in [0, 0.1) is 6.92 Å². The van der Waals surface area contributed by atoms with E-state index in [4.69, 9.17) is 5.84 Å². The molecule has 28 heavy (non-hydrogen) atoms. The Morgan fingerprint density at radius 1 is 1.18 bits per heavy atom. The molecule has 0 bridgehead atoms. The van der Waals surface area contributed by atoms with Gasteiger partial charge in [0.2, 0.25) is 11.1 Å². The van der Waals surface area contributed by atoms with Crippen molar-refractivity contribution in [3.05, 3.63) is 59.7 Å². The minimum absolute atomic E-state index is 0.113. The molecule has 0 unspecified atom stereocenters. The van der Waals surface area contributed by atoms with Crippen LogP contribution in [-0.4, -0.2) is 39.6 Å². The van der Waals surface area contributed by atoms with E-state index in [1.807, 2.05) is 31.2 Å². The molecule has 0 atom stereocenters. The monoisotopic (exact) mass is 397 g/mol. The molecule has 1 heterocycles. The molecule has 0 radical (unpaired) electrons. The van der Waals surface area contributed by atoms with Gasteiger partial charge in [-0.25, -0.2) is 9.47 Å². The van der Waals surface area contributed by atoms with Gasteiger partial charge in [-0.15, -0.1) is 10.2 Å². The second kappa shape index (κ2) is 8.57. The van der Waals surface area contributed by atoms with E-state index in [0.717, 1.165) is 11.1 Å². The molecule has 8 nitrogen and oxygen atoms in total. The zero-order valence-electron chi connectivity index (χ0n) is 15.4. The number of nitrogens with two attached hydrogens (primary N) is 1. The SMILES string of the molecule is COC(=O)c1ccc(NC(=O)CSc2nnc(-c3cccc(C)c3)n2N)cc1. The zero-order valence-corrected chi connectivity index (χ0v) is 16.2. The van der Waals surface area contributed by atoms with Crippen molar-refractivity contribution in [2.24, 2.45) is 0 Å². The van der Waals surface area contributed by atoms with E-state index >= 15 is 0 Å². The number of hydrogen-bond acceptors (Lipinski definition) is 7. The van der Waals surface area contributed by atoms with Gasteiger partial charge in [-0.1, -0.05) is 35.5 Å². The Hall–Kier alpha value is -3.33. The van der Waals surface area contributed by atoms with Gasteiger partial charge in [0.25, 0.3) is 0 Å². The number of hydrogen-bond donors (Lipinski definition) is 2. The largest absolute Gasteiger partial charge is 0.465 e. The summed E-state index contributed by atoms with van der Waals surface area (Å²) >= 11 is 1.18. The summed E-state index contributed by atoms with van der Waals surface area (Å²) in [5, 5.41) is 11.4. The van der Waals surface area contributed by atoms with Crippen molar-refractivity contribution in [2.75, 3.05) is 24.0 Å². The first-order valence-electron chi connectivity index (χ1n) is 8.36. The molecule has 0 saturated carbocycles. The zero-order chi connectivity index (χ0) is 20.1. The molecule has 3 N–H and O–H groups in total. The van der Waals surface area contributed by atoms with Crippen LogP contribution in [0.3, 0.4) is 0 Å². The van der Waals surface area contributed by atoms with E-state index in [9.17, 15) is 9.59 Å². The third-order valence-electron chi connectivity index (χ3n) is 3.86. The number of rotatable bonds is 6. The lowest BCUT2D eigenvalue weighted by atomic mass is 10.1. The van der Waals surface area contributed by atoms with Crippen molar-refractivity contribution >= 4 is 29.3 Å². The lowest BCUT2D eigenvalue weighted by Crippen LogP contribution is -2.16. The smallest absolute Gasteiger partial charge is 0.337 e. The number of aromatic nitrogens is 3. The van der Waals surface area contributed by atoms with Gasteiger partial charge < -0.3 is 15.9 Å². The highest BCUT2D eigenvalue weighted by Crippen LogP contribution is 2.22. The molecule has 0 aliphatic rings. The highest BCUT2D eigenvalue weighted by atomic mass is 32.2. The Kier molecular flexibility index (Phi) is 5.95. The van der Waals surface area contributed by atoms with Crippen LogP contribution in [0.15, 0.2) is 53.7 Å². The van der Waals surface area contributed by atoms with Crippen molar-refractivity contribution in [2.45, 2.75) is 12.1 Å². The highest BCUT2D eigenvalue weighted by molar-refractivity contribution is 7.99. The second-order valence-corrected chi connectivity index (χ2v) is 6.89. The van der Waals surface area contributed by atoms with Crippen LogP contribution >= 0.6 is 11.8 Å². The van der Waals surface area contributed by atoms with E-state index in [1.54, 1.807) is 24.3 Å². The average Bonchev–Trinajstić information content (AvgIpc) is 3.07. The molecule has 9 heteroatoms. The summed E-state index contributed by atoms with van der Waals surface area (Å²) in [6.45, 7) is 1.98. The molecule has 0 fully saturated rings. The number of carbonyl (C=O) groups is 2. The molecule has 1 aromatic heterocycles. The maximum Gasteiger partial charge on any atom is 0.337 e. The van der Waals surface area contributed by atoms with Crippen molar-refractivity contribution < 1.29 is 14.3 Å². The van der Waals surface area contributed by atoms with Crippen LogP contribution in [0.1, 0.15) is 15.9 Å². The van der Waals surface area contributed by atoms with Gasteiger partial charge in [-0.05, 0) is 37.3 Å². The molecular formula is C19H19N5O3S. The predicted molar refractivity (Wildman–Crippen MR) is 107 cm³/mol. The Morgan fingerprint density at radius 3 is 2.61 bits per heavy atom. The number of ether oxygens (including phenoxy) is 1. The molecule has 0 aliphatic heterocycles. The summed E-state index contributed by atoms with van der Waals surface area (Å²) in [6, 6.07) is 14.2. The van der Waals surface area contributed by atoms with E-state index in [1.165, 1.54) is 23.5 Å². The minimum Gasteiger partial charge on any atom is -0.465 e. The second-order valence-electron chi connectivity index (χ2n) is 5.95. The standard InChI is InChI=1S/C19H19N5O3S/c1-12-4-3-5-14(10-12)17-22-23-19(24(17)20)28-11-16(25)21-15-8-6-13(7-9-15)18(26)27-2/h3-10H,11,20H2,1-2H3,(H,21,25). The summed E-state index contributed by atoms with van der Waals surface area (Å²) in [5.41, 5.74) is 2.94. The van der Waals surface area contributed by atoms with Gasteiger partial charge in [0.1, 0.15) is 0 Å². The van der Waals surface area contributed by atoms with Gasteiger partial charge in [0.15, 0.2) is 5.82 Å². The molecule has 2 aromatic carbocycles. The van der Waals surface area contributed by atoms with E-state index in [0.29, 0.717) is 22.2 Å². The maximum absolute atomic E-state index is 12.2. The van der Waals surface area contributed by atoms with Crippen LogP contribution in [0.4, 0.5) is 5.69 Å². The number of nitrogens with one attached hydrogen (secondary N) is 1. The van der Waals surface area contributed by atoms with Gasteiger partial charge in [-0.3, -0.25) is 4.79 Å². The maximum atomic E-state index is 12.2. The van der Waals surface area contributed by atoms with Gasteiger partial charge in [-0.2, -0.15) is 0 Å². The Bertz CT molecular complexity index is 1000.